The normalized spacial score (nSPS) is 12.1. The van der Waals surface area contributed by atoms with Crippen molar-refractivity contribution in [3.63, 3.8) is 0 Å². The van der Waals surface area contributed by atoms with Gasteiger partial charge < -0.3 is 9.84 Å². The summed E-state index contributed by atoms with van der Waals surface area (Å²) >= 11 is 0. The highest BCUT2D eigenvalue weighted by atomic mass is 16.5. The SMILES string of the molecule is CCCCCCCCCCCCCC(CC(=O)O)OC(=O)CCCCCCCCCC. The molecule has 0 saturated carbocycles. The van der Waals surface area contributed by atoms with Crippen LogP contribution in [0.25, 0.3) is 0 Å². The molecule has 0 bridgehead atoms. The number of esters is 1. The van der Waals surface area contributed by atoms with E-state index >= 15 is 0 Å². The Morgan fingerprint density at radius 3 is 1.42 bits per heavy atom. The van der Waals surface area contributed by atoms with Gasteiger partial charge in [-0.05, 0) is 19.3 Å². The van der Waals surface area contributed by atoms with E-state index in [9.17, 15) is 9.59 Å². The molecule has 0 aromatic heterocycles. The second kappa shape index (κ2) is 23.6. The molecule has 0 amide bonds. The minimum atomic E-state index is -0.882. The maximum absolute atomic E-state index is 12.1. The highest BCUT2D eigenvalue weighted by molar-refractivity contribution is 5.71. The summed E-state index contributed by atoms with van der Waals surface area (Å²) in [4.78, 5) is 23.2. The molecule has 0 heterocycles. The zero-order valence-electron chi connectivity index (χ0n) is 20.8. The molecule has 0 spiro atoms. The standard InChI is InChI=1S/C27H52O4/c1-3-5-7-9-11-13-14-15-16-18-20-22-25(24-26(28)29)31-27(30)23-21-19-17-12-10-8-6-4-2/h25H,3-24H2,1-2H3,(H,28,29). The Morgan fingerprint density at radius 1 is 0.613 bits per heavy atom. The topological polar surface area (TPSA) is 63.6 Å². The summed E-state index contributed by atoms with van der Waals surface area (Å²) in [6.07, 6.45) is 24.0. The first-order valence-corrected chi connectivity index (χ1v) is 13.5. The van der Waals surface area contributed by atoms with Gasteiger partial charge in [0.1, 0.15) is 6.10 Å². The molecule has 1 atom stereocenters. The van der Waals surface area contributed by atoms with Crippen LogP contribution >= 0.6 is 0 Å². The van der Waals surface area contributed by atoms with Crippen LogP contribution in [0.2, 0.25) is 0 Å². The Hall–Kier alpha value is -1.06. The van der Waals surface area contributed by atoms with Crippen LogP contribution in [-0.2, 0) is 14.3 Å². The third-order valence-electron chi connectivity index (χ3n) is 6.06. The van der Waals surface area contributed by atoms with Crippen LogP contribution in [-0.4, -0.2) is 23.1 Å². The first-order valence-electron chi connectivity index (χ1n) is 13.5. The molecule has 0 fully saturated rings. The van der Waals surface area contributed by atoms with Gasteiger partial charge in [-0.1, -0.05) is 123 Å². The van der Waals surface area contributed by atoms with Crippen LogP contribution in [0.5, 0.6) is 0 Å². The summed E-state index contributed by atoms with van der Waals surface area (Å²) in [7, 11) is 0. The first-order chi connectivity index (χ1) is 15.1. The first kappa shape index (κ1) is 29.9. The predicted molar refractivity (Wildman–Crippen MR) is 130 cm³/mol. The van der Waals surface area contributed by atoms with E-state index in [2.05, 4.69) is 13.8 Å². The Bertz CT molecular complexity index is 408. The van der Waals surface area contributed by atoms with Crippen molar-refractivity contribution in [2.45, 2.75) is 161 Å². The minimum absolute atomic E-state index is 0.0685. The van der Waals surface area contributed by atoms with Gasteiger partial charge in [-0.15, -0.1) is 0 Å². The molecule has 0 saturated heterocycles. The van der Waals surface area contributed by atoms with E-state index in [0.717, 1.165) is 25.7 Å². The summed E-state index contributed by atoms with van der Waals surface area (Å²) < 4.78 is 5.49. The molecule has 0 aromatic carbocycles. The number of carbonyl (C=O) groups is 2. The molecule has 0 aliphatic rings. The lowest BCUT2D eigenvalue weighted by atomic mass is 10.0. The Labute approximate surface area is 192 Å². The van der Waals surface area contributed by atoms with Gasteiger partial charge in [-0.3, -0.25) is 9.59 Å². The van der Waals surface area contributed by atoms with Gasteiger partial charge in [0.05, 0.1) is 6.42 Å². The van der Waals surface area contributed by atoms with E-state index in [0.29, 0.717) is 12.8 Å². The Kier molecular flexibility index (Phi) is 22.8. The summed E-state index contributed by atoms with van der Waals surface area (Å²) in [5.41, 5.74) is 0. The third kappa shape index (κ3) is 23.4. The fourth-order valence-corrected chi connectivity index (χ4v) is 4.08. The average Bonchev–Trinajstić information content (AvgIpc) is 2.73. The highest BCUT2D eigenvalue weighted by Gasteiger charge is 2.17. The Morgan fingerprint density at radius 2 is 1.00 bits per heavy atom. The summed E-state index contributed by atoms with van der Waals surface area (Å²) in [5, 5.41) is 9.12. The number of rotatable bonds is 24. The predicted octanol–water partition coefficient (Wildman–Crippen LogP) is 8.60. The molecule has 0 aliphatic heterocycles. The van der Waals surface area contributed by atoms with E-state index in [-0.39, 0.29) is 12.4 Å². The van der Waals surface area contributed by atoms with Gasteiger partial charge in [-0.25, -0.2) is 0 Å². The maximum Gasteiger partial charge on any atom is 0.307 e. The van der Waals surface area contributed by atoms with Gasteiger partial charge in [0.2, 0.25) is 0 Å². The lowest BCUT2D eigenvalue weighted by molar-refractivity contribution is -0.153. The van der Waals surface area contributed by atoms with E-state index < -0.39 is 12.1 Å². The van der Waals surface area contributed by atoms with Crippen molar-refractivity contribution in [2.24, 2.45) is 0 Å². The number of hydrogen-bond acceptors (Lipinski definition) is 3. The molecule has 1 N–H and O–H groups in total. The molecule has 4 nitrogen and oxygen atoms in total. The minimum Gasteiger partial charge on any atom is -0.481 e. The second-order valence-corrected chi connectivity index (χ2v) is 9.26. The lowest BCUT2D eigenvalue weighted by Crippen LogP contribution is -2.21. The van der Waals surface area contributed by atoms with Gasteiger partial charge in [0.15, 0.2) is 0 Å². The van der Waals surface area contributed by atoms with Crippen molar-refractivity contribution in [1.29, 1.82) is 0 Å². The van der Waals surface area contributed by atoms with Gasteiger partial charge >= 0.3 is 11.9 Å². The molecule has 184 valence electrons. The molecule has 1 unspecified atom stereocenters. The quantitative estimate of drug-likeness (QED) is 0.120. The monoisotopic (exact) mass is 440 g/mol. The van der Waals surface area contributed by atoms with E-state index in [1.54, 1.807) is 0 Å². The third-order valence-corrected chi connectivity index (χ3v) is 6.06. The van der Waals surface area contributed by atoms with Crippen LogP contribution in [0.1, 0.15) is 155 Å². The Balaban J connectivity index is 3.74. The van der Waals surface area contributed by atoms with Crippen molar-refractivity contribution in [3.05, 3.63) is 0 Å². The zero-order valence-corrected chi connectivity index (χ0v) is 20.8. The molecule has 0 aromatic rings. The maximum atomic E-state index is 12.1. The largest absolute Gasteiger partial charge is 0.481 e. The number of unbranched alkanes of at least 4 members (excludes halogenated alkanes) is 17. The van der Waals surface area contributed by atoms with Crippen LogP contribution in [0.3, 0.4) is 0 Å². The fraction of sp³-hybridized carbons (Fsp3) is 0.926. The second-order valence-electron chi connectivity index (χ2n) is 9.26. The molecule has 4 heteroatoms. The van der Waals surface area contributed by atoms with Crippen molar-refractivity contribution < 1.29 is 19.4 Å². The lowest BCUT2D eigenvalue weighted by Gasteiger charge is -2.16. The highest BCUT2D eigenvalue weighted by Crippen LogP contribution is 2.16. The number of carboxylic acid groups (broad SMARTS) is 1. The zero-order chi connectivity index (χ0) is 23.0. The van der Waals surface area contributed by atoms with Crippen molar-refractivity contribution in [1.82, 2.24) is 0 Å². The summed E-state index contributed by atoms with van der Waals surface area (Å²) in [6.45, 7) is 4.47. The van der Waals surface area contributed by atoms with Crippen LogP contribution in [0.4, 0.5) is 0 Å². The van der Waals surface area contributed by atoms with Gasteiger partial charge in [0, 0.05) is 6.42 Å². The van der Waals surface area contributed by atoms with E-state index in [1.165, 1.54) is 96.3 Å². The van der Waals surface area contributed by atoms with Crippen molar-refractivity contribution in [3.8, 4) is 0 Å². The fourth-order valence-electron chi connectivity index (χ4n) is 4.08. The molecular weight excluding hydrogens is 388 g/mol. The molecular formula is C27H52O4. The molecule has 0 rings (SSSR count). The van der Waals surface area contributed by atoms with Gasteiger partial charge in [0.25, 0.3) is 0 Å². The smallest absolute Gasteiger partial charge is 0.307 e. The number of hydrogen-bond donors (Lipinski definition) is 1. The van der Waals surface area contributed by atoms with Crippen LogP contribution in [0, 0.1) is 0 Å². The van der Waals surface area contributed by atoms with Crippen LogP contribution < -0.4 is 0 Å². The number of carbonyl (C=O) groups excluding carboxylic acids is 1. The molecule has 0 radical (unpaired) electrons. The summed E-state index contributed by atoms with van der Waals surface area (Å²) in [6, 6.07) is 0. The number of aliphatic carboxylic acids is 1. The van der Waals surface area contributed by atoms with E-state index in [1.807, 2.05) is 0 Å². The van der Waals surface area contributed by atoms with Crippen molar-refractivity contribution >= 4 is 11.9 Å². The summed E-state index contributed by atoms with van der Waals surface area (Å²) in [5.74, 6) is -1.10. The number of ether oxygens (including phenoxy) is 1. The molecule has 0 aliphatic carbocycles. The molecule has 31 heavy (non-hydrogen) atoms. The van der Waals surface area contributed by atoms with Crippen molar-refractivity contribution in [2.75, 3.05) is 0 Å². The van der Waals surface area contributed by atoms with Gasteiger partial charge in [-0.2, -0.15) is 0 Å². The van der Waals surface area contributed by atoms with E-state index in [4.69, 9.17) is 9.84 Å². The number of carboxylic acids is 1. The van der Waals surface area contributed by atoms with Crippen LogP contribution in [0.15, 0.2) is 0 Å². The average molecular weight is 441 g/mol.